The van der Waals surface area contributed by atoms with Crippen LogP contribution in [0.15, 0.2) is 40.8 Å². The molecular weight excluding hydrogens is 399 g/mol. The monoisotopic (exact) mass is 418 g/mol. The number of hydrogen-bond acceptors (Lipinski definition) is 4. The molecule has 3 aromatic rings. The number of benzene rings is 2. The number of carboxylic acids is 1. The molecule has 7 heteroatoms. The topological polar surface area (TPSA) is 56.9 Å². The van der Waals surface area contributed by atoms with Crippen LogP contribution < -0.4 is 4.90 Å². The number of nitrogens with zero attached hydrogens (tertiary/aromatic N) is 2. The van der Waals surface area contributed by atoms with E-state index >= 15 is 0 Å². The summed E-state index contributed by atoms with van der Waals surface area (Å²) in [6.45, 7) is 6.37. The molecular formula is C21H20Cl2N2O3. The molecule has 1 N–H and O–H groups in total. The number of anilines is 1. The normalized spacial score (nSPS) is 15.3. The molecule has 0 amide bonds. The van der Waals surface area contributed by atoms with Crippen LogP contribution in [0.4, 0.5) is 5.69 Å². The Morgan fingerprint density at radius 1 is 1.11 bits per heavy atom. The van der Waals surface area contributed by atoms with Crippen LogP contribution in [0.25, 0.3) is 11.0 Å². The Kier molecular flexibility index (Phi) is 5.23. The second-order valence-corrected chi connectivity index (χ2v) is 7.88. The fourth-order valence-electron chi connectivity index (χ4n) is 3.74. The molecule has 1 aromatic heterocycles. The van der Waals surface area contributed by atoms with Crippen LogP contribution >= 0.6 is 23.2 Å². The number of piperazine rings is 1. The molecule has 146 valence electrons. The number of aromatic carboxylic acids is 1. The molecule has 1 saturated heterocycles. The van der Waals surface area contributed by atoms with Crippen molar-refractivity contribution in [3.63, 3.8) is 0 Å². The first-order valence-electron chi connectivity index (χ1n) is 9.10. The van der Waals surface area contributed by atoms with Crippen LogP contribution in [0.5, 0.6) is 0 Å². The highest BCUT2D eigenvalue weighted by Gasteiger charge is 2.21. The Balaban J connectivity index is 1.48. The van der Waals surface area contributed by atoms with Gasteiger partial charge in [-0.3, -0.25) is 4.90 Å². The van der Waals surface area contributed by atoms with Gasteiger partial charge < -0.3 is 14.4 Å². The second-order valence-electron chi connectivity index (χ2n) is 7.04. The van der Waals surface area contributed by atoms with Crippen molar-refractivity contribution in [2.24, 2.45) is 0 Å². The van der Waals surface area contributed by atoms with Gasteiger partial charge in [0, 0.05) is 53.8 Å². The van der Waals surface area contributed by atoms with Crippen LogP contribution in [0.1, 0.15) is 21.7 Å². The van der Waals surface area contributed by atoms with Crippen molar-refractivity contribution in [3.05, 3.63) is 63.3 Å². The molecule has 0 bridgehead atoms. The van der Waals surface area contributed by atoms with E-state index in [4.69, 9.17) is 32.7 Å². The van der Waals surface area contributed by atoms with E-state index in [9.17, 15) is 4.79 Å². The number of carbonyl (C=O) groups is 1. The van der Waals surface area contributed by atoms with E-state index in [1.54, 1.807) is 12.1 Å². The lowest BCUT2D eigenvalue weighted by Crippen LogP contribution is -2.46. The predicted molar refractivity (Wildman–Crippen MR) is 112 cm³/mol. The number of fused-ring (bicyclic) bond motifs is 1. The minimum absolute atomic E-state index is 0.0292. The maximum atomic E-state index is 11.2. The summed E-state index contributed by atoms with van der Waals surface area (Å²) in [4.78, 5) is 15.9. The molecule has 0 radical (unpaired) electrons. The number of furan rings is 1. The second kappa shape index (κ2) is 7.66. The highest BCUT2D eigenvalue weighted by molar-refractivity contribution is 6.33. The number of halogens is 2. The van der Waals surface area contributed by atoms with E-state index in [1.807, 2.05) is 31.2 Å². The zero-order chi connectivity index (χ0) is 19.8. The number of hydrogen-bond donors (Lipinski definition) is 1. The largest absolute Gasteiger partial charge is 0.475 e. The Morgan fingerprint density at radius 2 is 1.86 bits per heavy atom. The van der Waals surface area contributed by atoms with Gasteiger partial charge in [0.2, 0.25) is 5.76 Å². The van der Waals surface area contributed by atoms with Crippen molar-refractivity contribution in [2.45, 2.75) is 13.5 Å². The molecule has 28 heavy (non-hydrogen) atoms. The third-order valence-electron chi connectivity index (χ3n) is 5.27. The first kappa shape index (κ1) is 19.1. The van der Waals surface area contributed by atoms with Gasteiger partial charge >= 0.3 is 5.97 Å². The zero-order valence-electron chi connectivity index (χ0n) is 15.4. The van der Waals surface area contributed by atoms with E-state index < -0.39 is 5.97 Å². The molecule has 2 heterocycles. The summed E-state index contributed by atoms with van der Waals surface area (Å²) in [6, 6.07) is 11.0. The fraction of sp³-hybridized carbons (Fsp3) is 0.286. The van der Waals surface area contributed by atoms with Crippen LogP contribution in [-0.4, -0.2) is 42.2 Å². The third-order valence-corrected chi connectivity index (χ3v) is 5.87. The van der Waals surface area contributed by atoms with Gasteiger partial charge in [0.1, 0.15) is 5.58 Å². The number of carboxylic acid groups (broad SMARTS) is 1. The molecule has 1 fully saturated rings. The first-order chi connectivity index (χ1) is 13.4. The standard InChI is InChI=1S/C21H20Cl2N2O3/c1-13-16-11-20(21(26)27)28-19(16)5-4-18(13)25-8-6-24(7-9-25)12-14-10-15(22)2-3-17(14)23/h2-5,10-11H,6-9,12H2,1H3,(H,26,27). The minimum atomic E-state index is -1.05. The lowest BCUT2D eigenvalue weighted by molar-refractivity contribution is 0.0665. The van der Waals surface area contributed by atoms with Crippen LogP contribution in [-0.2, 0) is 6.54 Å². The van der Waals surface area contributed by atoms with Crippen molar-refractivity contribution >= 4 is 45.8 Å². The molecule has 0 unspecified atom stereocenters. The van der Waals surface area contributed by atoms with Crippen LogP contribution in [0.3, 0.4) is 0 Å². The molecule has 1 aliphatic rings. The quantitative estimate of drug-likeness (QED) is 0.640. The molecule has 0 saturated carbocycles. The molecule has 2 aromatic carbocycles. The summed E-state index contributed by atoms with van der Waals surface area (Å²) in [6.07, 6.45) is 0. The van der Waals surface area contributed by atoms with Gasteiger partial charge in [-0.2, -0.15) is 0 Å². The van der Waals surface area contributed by atoms with Gasteiger partial charge in [-0.1, -0.05) is 23.2 Å². The molecule has 4 rings (SSSR count). The third kappa shape index (κ3) is 3.70. The average molecular weight is 419 g/mol. The van der Waals surface area contributed by atoms with Gasteiger partial charge in [-0.05, 0) is 54.4 Å². The van der Waals surface area contributed by atoms with Gasteiger partial charge in [0.25, 0.3) is 0 Å². The molecule has 5 nitrogen and oxygen atoms in total. The molecule has 0 atom stereocenters. The number of rotatable bonds is 4. The lowest BCUT2D eigenvalue weighted by atomic mass is 10.1. The highest BCUT2D eigenvalue weighted by Crippen LogP contribution is 2.31. The summed E-state index contributed by atoms with van der Waals surface area (Å²) in [5, 5.41) is 11.4. The van der Waals surface area contributed by atoms with Crippen molar-refractivity contribution in [3.8, 4) is 0 Å². The van der Waals surface area contributed by atoms with Gasteiger partial charge in [0.05, 0.1) is 0 Å². The smallest absolute Gasteiger partial charge is 0.371 e. The highest BCUT2D eigenvalue weighted by atomic mass is 35.5. The SMILES string of the molecule is Cc1c(N2CCN(Cc3cc(Cl)ccc3Cl)CC2)ccc2oc(C(=O)O)cc12. The summed E-state index contributed by atoms with van der Waals surface area (Å²) < 4.78 is 5.41. The fourth-order valence-corrected chi connectivity index (χ4v) is 4.11. The Morgan fingerprint density at radius 3 is 2.57 bits per heavy atom. The van der Waals surface area contributed by atoms with E-state index in [0.29, 0.717) is 10.6 Å². The van der Waals surface area contributed by atoms with Crippen molar-refractivity contribution in [1.82, 2.24) is 4.90 Å². The zero-order valence-corrected chi connectivity index (χ0v) is 16.9. The lowest BCUT2D eigenvalue weighted by Gasteiger charge is -2.37. The predicted octanol–water partition coefficient (Wildman–Crippen LogP) is 5.07. The Bertz CT molecular complexity index is 1040. The summed E-state index contributed by atoms with van der Waals surface area (Å²) in [5.41, 5.74) is 3.80. The summed E-state index contributed by atoms with van der Waals surface area (Å²) >= 11 is 12.4. The number of aryl methyl sites for hydroxylation is 1. The molecule has 1 aliphatic heterocycles. The maximum Gasteiger partial charge on any atom is 0.371 e. The minimum Gasteiger partial charge on any atom is -0.475 e. The summed E-state index contributed by atoms with van der Waals surface area (Å²) in [7, 11) is 0. The van der Waals surface area contributed by atoms with Gasteiger partial charge in [0.15, 0.2) is 0 Å². The molecule has 0 aliphatic carbocycles. The van der Waals surface area contributed by atoms with Gasteiger partial charge in [-0.15, -0.1) is 0 Å². The molecule has 0 spiro atoms. The Labute approximate surface area is 173 Å². The van der Waals surface area contributed by atoms with E-state index in [-0.39, 0.29) is 5.76 Å². The summed E-state index contributed by atoms with van der Waals surface area (Å²) in [5.74, 6) is -1.08. The maximum absolute atomic E-state index is 11.2. The van der Waals surface area contributed by atoms with E-state index in [1.165, 1.54) is 0 Å². The first-order valence-corrected chi connectivity index (χ1v) is 9.85. The van der Waals surface area contributed by atoms with E-state index in [0.717, 1.165) is 59.9 Å². The van der Waals surface area contributed by atoms with Gasteiger partial charge in [-0.25, -0.2) is 4.79 Å². The van der Waals surface area contributed by atoms with Crippen molar-refractivity contribution < 1.29 is 14.3 Å². The van der Waals surface area contributed by atoms with Crippen LogP contribution in [0.2, 0.25) is 10.0 Å². The van der Waals surface area contributed by atoms with Crippen molar-refractivity contribution in [1.29, 1.82) is 0 Å². The average Bonchev–Trinajstić information content (AvgIpc) is 3.12. The van der Waals surface area contributed by atoms with E-state index in [2.05, 4.69) is 9.80 Å². The van der Waals surface area contributed by atoms with Crippen molar-refractivity contribution in [2.75, 3.05) is 31.1 Å². The van der Waals surface area contributed by atoms with Crippen LogP contribution in [0, 0.1) is 6.92 Å². The Hall–Kier alpha value is -2.21.